The summed E-state index contributed by atoms with van der Waals surface area (Å²) in [4.78, 5) is 54.4. The number of nitrogens with zero attached hydrogens (tertiary/aromatic N) is 2. The number of aromatic nitrogens is 1. The Balaban J connectivity index is 0.000000263. The summed E-state index contributed by atoms with van der Waals surface area (Å²) in [6.45, 7) is 15.4. The molecule has 2 saturated heterocycles. The van der Waals surface area contributed by atoms with Crippen molar-refractivity contribution in [2.75, 3.05) is 33.3 Å². The summed E-state index contributed by atoms with van der Waals surface area (Å²) < 4.78 is 3.13. The van der Waals surface area contributed by atoms with Crippen LogP contribution in [0.1, 0.15) is 91.0 Å². The van der Waals surface area contributed by atoms with Crippen LogP contribution in [0.25, 0.3) is 10.9 Å². The Morgan fingerprint density at radius 2 is 1.52 bits per heavy atom. The van der Waals surface area contributed by atoms with Gasteiger partial charge in [0.15, 0.2) is 0 Å². The van der Waals surface area contributed by atoms with Crippen LogP contribution in [0.2, 0.25) is 4.82 Å². The fourth-order valence-corrected chi connectivity index (χ4v) is 8.08. The smallest absolute Gasteiger partial charge is 0.104 e. The SMILES string of the molecule is C=C1CNC(=O)CNC(=O)CNC(=O)C2CCCCN12.CCCC.CCCCC([Se]c1ccccc1)C(=O)CC.COn1cc(C)c2ccccc21. The topological polar surface area (TPSA) is 122 Å². The molecule has 2 aliphatic rings. The van der Waals surface area contributed by atoms with Gasteiger partial charge in [-0.2, -0.15) is 4.73 Å². The molecule has 52 heavy (non-hydrogen) atoms. The number of rotatable bonds is 9. The number of carbonyl (C=O) groups excluding carboxylic acids is 4. The number of benzene rings is 2. The molecule has 286 valence electrons. The molecule has 0 radical (unpaired) electrons. The Kier molecular flexibility index (Phi) is 21.2. The van der Waals surface area contributed by atoms with Gasteiger partial charge in [-0.3, -0.25) is 14.4 Å². The van der Waals surface area contributed by atoms with Crippen molar-refractivity contribution in [3.05, 3.63) is 78.6 Å². The van der Waals surface area contributed by atoms with Crippen LogP contribution in [0, 0.1) is 6.92 Å². The first-order chi connectivity index (χ1) is 25.1. The Bertz CT molecular complexity index is 1500. The van der Waals surface area contributed by atoms with Gasteiger partial charge in [0.1, 0.15) is 13.2 Å². The van der Waals surface area contributed by atoms with Gasteiger partial charge in [-0.1, -0.05) is 51.5 Å². The number of fused-ring (bicyclic) bond motifs is 2. The number of piperidine rings is 1. The zero-order valence-corrected chi connectivity index (χ0v) is 33.9. The van der Waals surface area contributed by atoms with E-state index >= 15 is 0 Å². The first-order valence-electron chi connectivity index (χ1n) is 18.7. The molecule has 1 aromatic heterocycles. The number of ketones is 1. The largest absolute Gasteiger partial charge is 0.417 e. The van der Waals surface area contributed by atoms with Crippen LogP contribution >= 0.6 is 0 Å². The van der Waals surface area contributed by atoms with E-state index in [1.165, 1.54) is 41.1 Å². The predicted molar refractivity (Wildman–Crippen MR) is 213 cm³/mol. The van der Waals surface area contributed by atoms with E-state index in [4.69, 9.17) is 4.84 Å². The van der Waals surface area contributed by atoms with Crippen LogP contribution < -0.4 is 25.2 Å². The van der Waals surface area contributed by atoms with Crippen molar-refractivity contribution in [3.63, 3.8) is 0 Å². The summed E-state index contributed by atoms with van der Waals surface area (Å²) in [5.41, 5.74) is 3.09. The van der Waals surface area contributed by atoms with Crippen LogP contribution in [-0.2, 0) is 19.2 Å². The number of Topliss-reactive ketones (excluding diaryl/α,β-unsaturated/α-hetero) is 1. The van der Waals surface area contributed by atoms with Gasteiger partial charge in [0, 0.05) is 23.8 Å². The van der Waals surface area contributed by atoms with Gasteiger partial charge in [0.25, 0.3) is 0 Å². The summed E-state index contributed by atoms with van der Waals surface area (Å²) >= 11 is 0.309. The van der Waals surface area contributed by atoms with Crippen molar-refractivity contribution in [2.45, 2.75) is 103 Å². The molecule has 0 bridgehead atoms. The third kappa shape index (κ3) is 15.3. The standard InChI is InChI=1S/C14H20OSe.C13H20N4O3.C10H11NO.C4H10/c1-3-5-11-14(13(15)4-2)16-12-9-7-6-8-10-12;1-9-6-14-11(18)7-15-12(19)8-16-13(20)10-4-2-3-5-17(9)10;1-8-7-11(12-2)10-6-4-3-5-9(8)10;1-3-4-2/h6-10,14H,3-5,11H2,1-2H3;10H,1-8H2,(H,14,18)(H,15,19)(H,16,20);3-7H,1-2H3;3-4H2,1-2H3. The van der Waals surface area contributed by atoms with Crippen LogP contribution in [0.4, 0.5) is 0 Å². The number of aryl methyl sites for hydroxylation is 1. The average Bonchev–Trinajstić information content (AvgIpc) is 3.52. The molecule has 2 fully saturated rings. The maximum atomic E-state index is 12.2. The second kappa shape index (κ2) is 25.0. The first-order valence-corrected chi connectivity index (χ1v) is 20.5. The van der Waals surface area contributed by atoms with Crippen LogP contribution in [0.3, 0.4) is 0 Å². The van der Waals surface area contributed by atoms with Gasteiger partial charge in [-0.05, 0) is 37.8 Å². The number of carbonyl (C=O) groups is 4. The van der Waals surface area contributed by atoms with Crippen molar-refractivity contribution in [3.8, 4) is 0 Å². The van der Waals surface area contributed by atoms with E-state index in [1.54, 1.807) is 11.8 Å². The van der Waals surface area contributed by atoms with E-state index < -0.39 is 0 Å². The molecule has 2 aromatic carbocycles. The fraction of sp³-hybridized carbons (Fsp3) is 0.512. The fourth-order valence-electron chi connectivity index (χ4n) is 5.51. The molecule has 2 atom stereocenters. The van der Waals surface area contributed by atoms with Crippen LogP contribution in [0.5, 0.6) is 0 Å². The molecule has 5 rings (SSSR count). The normalized spacial score (nSPS) is 16.7. The van der Waals surface area contributed by atoms with E-state index in [2.05, 4.69) is 80.6 Å². The van der Waals surface area contributed by atoms with E-state index in [0.29, 0.717) is 38.5 Å². The molecule has 10 nitrogen and oxygen atoms in total. The molecule has 11 heteroatoms. The number of para-hydroxylation sites is 1. The second-order valence-corrected chi connectivity index (χ2v) is 15.4. The first kappa shape index (κ1) is 44.1. The third-order valence-electron chi connectivity index (χ3n) is 8.69. The number of nitrogens with one attached hydrogen (secondary N) is 3. The zero-order chi connectivity index (χ0) is 38.3. The van der Waals surface area contributed by atoms with E-state index in [0.717, 1.165) is 43.4 Å². The van der Waals surface area contributed by atoms with Gasteiger partial charge in [-0.25, -0.2) is 0 Å². The Labute approximate surface area is 317 Å². The summed E-state index contributed by atoms with van der Waals surface area (Å²) in [6, 6.07) is 18.3. The van der Waals surface area contributed by atoms with Gasteiger partial charge in [0.05, 0.1) is 25.2 Å². The van der Waals surface area contributed by atoms with Crippen LogP contribution in [0.15, 0.2) is 73.1 Å². The molecule has 3 heterocycles. The summed E-state index contributed by atoms with van der Waals surface area (Å²) in [7, 11) is 1.67. The van der Waals surface area contributed by atoms with Crippen molar-refractivity contribution in [1.29, 1.82) is 0 Å². The molecule has 3 aromatic rings. The molecule has 0 saturated carbocycles. The maximum absolute atomic E-state index is 12.2. The van der Waals surface area contributed by atoms with E-state index in [1.807, 2.05) is 42.3 Å². The number of amides is 3. The Morgan fingerprint density at radius 1 is 0.885 bits per heavy atom. The van der Waals surface area contributed by atoms with E-state index in [9.17, 15) is 19.2 Å². The quantitative estimate of drug-likeness (QED) is 0.247. The maximum Gasteiger partial charge on any atom is 0.104 e. The summed E-state index contributed by atoms with van der Waals surface area (Å²) in [6.07, 6.45) is 11.4. The summed E-state index contributed by atoms with van der Waals surface area (Å²) in [5, 5.41) is 9.01. The van der Waals surface area contributed by atoms with Gasteiger partial charge in [-0.15, -0.1) is 0 Å². The van der Waals surface area contributed by atoms with Gasteiger partial charge >= 0.3 is 105 Å². The van der Waals surface area contributed by atoms with Crippen molar-refractivity contribution in [2.24, 2.45) is 0 Å². The number of unbranched alkanes of at least 4 members (excludes halogenated alkanes) is 2. The van der Waals surface area contributed by atoms with Crippen molar-refractivity contribution in [1.82, 2.24) is 25.6 Å². The summed E-state index contributed by atoms with van der Waals surface area (Å²) in [5.74, 6) is -0.347. The van der Waals surface area contributed by atoms with E-state index in [-0.39, 0.29) is 36.9 Å². The Morgan fingerprint density at radius 3 is 2.15 bits per heavy atom. The van der Waals surface area contributed by atoms with Crippen LogP contribution in [-0.4, -0.2) is 87.4 Å². The Hall–Kier alpha value is -4.08. The molecular weight excluding hydrogens is 721 g/mol. The van der Waals surface area contributed by atoms with Crippen molar-refractivity contribution < 1.29 is 24.0 Å². The minimum atomic E-state index is -0.366. The minimum absolute atomic E-state index is 0.0919. The molecule has 0 aliphatic carbocycles. The molecule has 2 unspecified atom stereocenters. The third-order valence-corrected chi connectivity index (χ3v) is 11.5. The second-order valence-electron chi connectivity index (χ2n) is 12.8. The zero-order valence-electron chi connectivity index (χ0n) is 32.2. The predicted octanol–water partition coefficient (Wildman–Crippen LogP) is 5.51. The van der Waals surface area contributed by atoms with Gasteiger partial charge in [0.2, 0.25) is 17.7 Å². The number of hydrogen-bond acceptors (Lipinski definition) is 6. The molecule has 3 amide bonds. The van der Waals surface area contributed by atoms with Gasteiger partial charge < -0.3 is 25.7 Å². The monoisotopic (exact) mass is 783 g/mol. The molecule has 0 spiro atoms. The number of hydrogen-bond donors (Lipinski definition) is 3. The molecular formula is C41H61N5O5Se. The average molecular weight is 783 g/mol. The molecule has 3 N–H and O–H groups in total. The minimum Gasteiger partial charge on any atom is -0.417 e. The molecule has 2 aliphatic heterocycles. The van der Waals surface area contributed by atoms with Crippen molar-refractivity contribution >= 4 is 53.8 Å².